The Kier molecular flexibility index (Phi) is 4.04. The van der Waals surface area contributed by atoms with Gasteiger partial charge in [-0.05, 0) is 12.5 Å². The van der Waals surface area contributed by atoms with Gasteiger partial charge in [0, 0.05) is 17.2 Å². The predicted molar refractivity (Wildman–Crippen MR) is 80.5 cm³/mol. The Bertz CT molecular complexity index is 574. The zero-order valence-electron chi connectivity index (χ0n) is 10.8. The Morgan fingerprint density at radius 2 is 2.35 bits per heavy atom. The molecular formula is C11H14N4O2S3. The van der Waals surface area contributed by atoms with Crippen LogP contribution in [0.4, 0.5) is 0 Å². The van der Waals surface area contributed by atoms with Crippen LogP contribution in [0.2, 0.25) is 0 Å². The molecule has 2 aliphatic rings. The van der Waals surface area contributed by atoms with Crippen molar-refractivity contribution < 1.29 is 9.90 Å². The first-order chi connectivity index (χ1) is 9.61. The molecule has 0 aliphatic carbocycles. The molecule has 6 nitrogen and oxygen atoms in total. The van der Waals surface area contributed by atoms with Gasteiger partial charge < -0.3 is 10.8 Å². The molecule has 0 saturated carbocycles. The second-order valence-corrected chi connectivity index (χ2v) is 8.03. The number of hydrogen-bond acceptors (Lipinski definition) is 8. The molecule has 2 atom stereocenters. The maximum atomic E-state index is 11.8. The molecule has 0 spiro atoms. The number of carbonyl (C=O) groups is 1. The number of aromatic nitrogens is 2. The zero-order valence-corrected chi connectivity index (χ0v) is 13.2. The van der Waals surface area contributed by atoms with Crippen LogP contribution < -0.4 is 5.73 Å². The number of nitrogens with zero attached hydrogens (tertiary/aromatic N) is 3. The largest absolute Gasteiger partial charge is 0.390 e. The summed E-state index contributed by atoms with van der Waals surface area (Å²) in [6.45, 7) is 1.79. The lowest BCUT2D eigenvalue weighted by Crippen LogP contribution is -2.68. The van der Waals surface area contributed by atoms with Crippen LogP contribution in [-0.2, 0) is 4.79 Å². The molecule has 108 valence electrons. The number of carbonyl (C=O) groups excluding carboxylic acids is 1. The van der Waals surface area contributed by atoms with Gasteiger partial charge in [0.2, 0.25) is 5.91 Å². The molecule has 3 N–H and O–H groups in total. The molecule has 1 amide bonds. The van der Waals surface area contributed by atoms with Gasteiger partial charge in [-0.2, -0.15) is 0 Å². The number of fused-ring (bicyclic) bond motifs is 1. The maximum Gasteiger partial charge on any atom is 0.247 e. The van der Waals surface area contributed by atoms with E-state index in [1.807, 2.05) is 6.92 Å². The van der Waals surface area contributed by atoms with Crippen molar-refractivity contribution in [3.8, 4) is 0 Å². The fraction of sp³-hybridized carbons (Fsp3) is 0.545. The minimum atomic E-state index is -0.429. The van der Waals surface area contributed by atoms with Crippen molar-refractivity contribution in [2.24, 2.45) is 5.73 Å². The van der Waals surface area contributed by atoms with E-state index in [2.05, 4.69) is 10.2 Å². The molecule has 0 aromatic carbocycles. The van der Waals surface area contributed by atoms with E-state index in [0.29, 0.717) is 11.4 Å². The topological polar surface area (TPSA) is 92.3 Å². The summed E-state index contributed by atoms with van der Waals surface area (Å²) >= 11 is 4.80. The molecule has 20 heavy (non-hydrogen) atoms. The maximum absolute atomic E-state index is 11.8. The van der Waals surface area contributed by atoms with Crippen LogP contribution in [0.1, 0.15) is 5.01 Å². The molecule has 1 fully saturated rings. The average molecular weight is 330 g/mol. The summed E-state index contributed by atoms with van der Waals surface area (Å²) < 4.78 is 0.908. The molecule has 3 rings (SSSR count). The summed E-state index contributed by atoms with van der Waals surface area (Å²) in [4.78, 5) is 13.4. The minimum Gasteiger partial charge on any atom is -0.390 e. The highest BCUT2D eigenvalue weighted by Crippen LogP contribution is 2.40. The van der Waals surface area contributed by atoms with Crippen molar-refractivity contribution in [1.29, 1.82) is 0 Å². The van der Waals surface area contributed by atoms with Crippen molar-refractivity contribution in [2.75, 3.05) is 18.1 Å². The fourth-order valence-corrected chi connectivity index (χ4v) is 5.52. The van der Waals surface area contributed by atoms with E-state index < -0.39 is 6.04 Å². The molecule has 1 unspecified atom stereocenters. The van der Waals surface area contributed by atoms with Crippen LogP contribution in [0.3, 0.4) is 0 Å². The Balaban J connectivity index is 1.74. The van der Waals surface area contributed by atoms with E-state index in [-0.39, 0.29) is 17.9 Å². The van der Waals surface area contributed by atoms with E-state index in [4.69, 9.17) is 5.73 Å². The lowest BCUT2D eigenvalue weighted by molar-refractivity contribution is -0.141. The second kappa shape index (κ2) is 5.64. The summed E-state index contributed by atoms with van der Waals surface area (Å²) in [6, 6.07) is -0.429. The van der Waals surface area contributed by atoms with Crippen LogP contribution >= 0.6 is 34.9 Å². The SMILES string of the molecule is Cc1nnc(SCC2=C(CO)N3C(=O)[C@@H](N)C3SC2)s1. The Hall–Kier alpha value is -0.610. The van der Waals surface area contributed by atoms with Gasteiger partial charge in [0.05, 0.1) is 6.61 Å². The van der Waals surface area contributed by atoms with Gasteiger partial charge in [0.1, 0.15) is 16.4 Å². The number of aryl methyl sites for hydroxylation is 1. The molecule has 1 saturated heterocycles. The predicted octanol–water partition coefficient (Wildman–Crippen LogP) is 0.427. The van der Waals surface area contributed by atoms with E-state index in [0.717, 1.165) is 20.7 Å². The quantitative estimate of drug-likeness (QED) is 0.611. The summed E-state index contributed by atoms with van der Waals surface area (Å²) in [5.41, 5.74) is 7.56. The number of aliphatic hydroxyl groups excluding tert-OH is 1. The van der Waals surface area contributed by atoms with Crippen molar-refractivity contribution in [3.63, 3.8) is 0 Å². The summed E-state index contributed by atoms with van der Waals surface area (Å²) in [5.74, 6) is 1.41. The third-order valence-electron chi connectivity index (χ3n) is 3.24. The van der Waals surface area contributed by atoms with Gasteiger partial charge in [0.15, 0.2) is 4.34 Å². The first kappa shape index (κ1) is 14.3. The van der Waals surface area contributed by atoms with Gasteiger partial charge in [-0.1, -0.05) is 23.1 Å². The molecule has 2 aliphatic heterocycles. The van der Waals surface area contributed by atoms with Crippen LogP contribution in [0.5, 0.6) is 0 Å². The van der Waals surface area contributed by atoms with Crippen LogP contribution in [0.15, 0.2) is 15.6 Å². The molecule has 1 aromatic heterocycles. The van der Waals surface area contributed by atoms with Crippen LogP contribution in [0, 0.1) is 6.92 Å². The van der Waals surface area contributed by atoms with E-state index in [9.17, 15) is 9.90 Å². The third-order valence-corrected chi connectivity index (χ3v) is 6.66. The van der Waals surface area contributed by atoms with Gasteiger partial charge in [-0.3, -0.25) is 9.69 Å². The van der Waals surface area contributed by atoms with Crippen molar-refractivity contribution in [2.45, 2.75) is 22.7 Å². The third kappa shape index (κ3) is 2.37. The summed E-state index contributed by atoms with van der Waals surface area (Å²) in [6.07, 6.45) is 0. The van der Waals surface area contributed by atoms with Crippen molar-refractivity contribution in [3.05, 3.63) is 16.3 Å². The number of nitrogens with two attached hydrogens (primary N) is 1. The van der Waals surface area contributed by atoms with E-state index >= 15 is 0 Å². The number of hydrogen-bond donors (Lipinski definition) is 2. The molecule has 0 radical (unpaired) electrons. The lowest BCUT2D eigenvalue weighted by atomic mass is 10.0. The molecule has 0 bridgehead atoms. The molecule has 9 heteroatoms. The molecule has 3 heterocycles. The number of β-lactam (4-membered cyclic amide) rings is 1. The zero-order chi connectivity index (χ0) is 14.3. The lowest BCUT2D eigenvalue weighted by Gasteiger charge is -2.49. The number of aliphatic hydroxyl groups is 1. The molecular weight excluding hydrogens is 316 g/mol. The number of rotatable bonds is 4. The highest BCUT2D eigenvalue weighted by molar-refractivity contribution is 8.01. The van der Waals surface area contributed by atoms with Crippen molar-refractivity contribution >= 4 is 40.8 Å². The van der Waals surface area contributed by atoms with Gasteiger partial charge in [-0.25, -0.2) is 0 Å². The van der Waals surface area contributed by atoms with Gasteiger partial charge in [-0.15, -0.1) is 22.0 Å². The highest BCUT2D eigenvalue weighted by Gasteiger charge is 2.49. The number of thioether (sulfide) groups is 2. The van der Waals surface area contributed by atoms with Gasteiger partial charge in [0.25, 0.3) is 0 Å². The Labute approximate surface area is 128 Å². The van der Waals surface area contributed by atoms with E-state index in [1.165, 1.54) is 0 Å². The standard InChI is InChI=1S/C11H14N4O2S3/c1-5-13-14-11(20-5)19-4-6-3-18-10-8(12)9(17)15(10)7(6)2-16/h8,10,16H,2-4,12H2,1H3/t8-,10?/m1/s1. The Morgan fingerprint density at radius 1 is 1.55 bits per heavy atom. The Morgan fingerprint density at radius 3 is 3.00 bits per heavy atom. The monoisotopic (exact) mass is 330 g/mol. The summed E-state index contributed by atoms with van der Waals surface area (Å²) in [7, 11) is 0. The normalized spacial score (nSPS) is 25.8. The summed E-state index contributed by atoms with van der Waals surface area (Å²) in [5, 5.41) is 18.5. The van der Waals surface area contributed by atoms with Gasteiger partial charge >= 0.3 is 0 Å². The average Bonchev–Trinajstić information content (AvgIpc) is 2.88. The smallest absolute Gasteiger partial charge is 0.247 e. The highest BCUT2D eigenvalue weighted by atomic mass is 32.2. The molecule has 1 aromatic rings. The minimum absolute atomic E-state index is 0.0119. The first-order valence-electron chi connectivity index (χ1n) is 6.06. The van der Waals surface area contributed by atoms with E-state index in [1.54, 1.807) is 39.8 Å². The first-order valence-corrected chi connectivity index (χ1v) is 8.92. The van der Waals surface area contributed by atoms with Crippen LogP contribution in [0.25, 0.3) is 0 Å². The fourth-order valence-electron chi connectivity index (χ4n) is 2.19. The van der Waals surface area contributed by atoms with Crippen LogP contribution in [-0.4, -0.2) is 55.6 Å². The van der Waals surface area contributed by atoms with Crippen molar-refractivity contribution in [1.82, 2.24) is 15.1 Å². The number of amides is 1. The second-order valence-electron chi connectivity index (χ2n) is 4.52.